The number of piperidine rings is 1. The second kappa shape index (κ2) is 9.08. The van der Waals surface area contributed by atoms with Gasteiger partial charge in [-0.25, -0.2) is 12.8 Å². The second-order valence-corrected chi connectivity index (χ2v) is 8.52. The van der Waals surface area contributed by atoms with Crippen LogP contribution in [0.4, 0.5) is 4.39 Å². The van der Waals surface area contributed by atoms with E-state index in [1.54, 1.807) is 7.11 Å². The van der Waals surface area contributed by atoms with Crippen molar-refractivity contribution in [3.8, 4) is 0 Å². The third kappa shape index (κ3) is 4.57. The van der Waals surface area contributed by atoms with Crippen LogP contribution in [-0.4, -0.2) is 49.7 Å². The summed E-state index contributed by atoms with van der Waals surface area (Å²) >= 11 is 0. The predicted octanol–water partition coefficient (Wildman–Crippen LogP) is 2.60. The fraction of sp³-hybridized carbons (Fsp3) is 0.556. The first kappa shape index (κ1) is 20.8. The average Bonchev–Trinajstić information content (AvgIpc) is 3.16. The van der Waals surface area contributed by atoms with Crippen LogP contribution in [0.3, 0.4) is 0 Å². The lowest BCUT2D eigenvalue weighted by atomic mass is 10.0. The first-order valence-electron chi connectivity index (χ1n) is 9.10. The predicted molar refractivity (Wildman–Crippen MR) is 97.5 cm³/mol. The van der Waals surface area contributed by atoms with Gasteiger partial charge in [-0.2, -0.15) is 9.29 Å². The molecule has 1 aromatic heterocycles. The Morgan fingerprint density at radius 1 is 1.32 bits per heavy atom. The molecule has 1 aromatic carbocycles. The number of sulfonamides is 1. The van der Waals surface area contributed by atoms with Crippen molar-refractivity contribution in [1.29, 1.82) is 0 Å². The molecule has 2 aromatic rings. The van der Waals surface area contributed by atoms with Crippen LogP contribution in [0.15, 0.2) is 27.6 Å². The standard InChI is InChI=1S/C18H24FN3O5S/c1-13-11-14(6-7-15(13)19)28(23,24)22-8-4-3-5-16(22)18-20-17(27-21-18)12-26-10-9-25-2/h6-7,11,16H,3-5,8-10,12H2,1-2H3. The molecule has 1 aliphatic rings. The molecule has 2 heterocycles. The van der Waals surface area contributed by atoms with E-state index in [0.29, 0.717) is 32.0 Å². The highest BCUT2D eigenvalue weighted by molar-refractivity contribution is 7.89. The quantitative estimate of drug-likeness (QED) is 0.614. The number of halogens is 1. The van der Waals surface area contributed by atoms with Gasteiger partial charge in [0.15, 0.2) is 5.82 Å². The van der Waals surface area contributed by atoms with E-state index in [1.165, 1.54) is 29.4 Å². The summed E-state index contributed by atoms with van der Waals surface area (Å²) in [5, 5.41) is 3.96. The molecule has 28 heavy (non-hydrogen) atoms. The third-order valence-corrected chi connectivity index (χ3v) is 6.53. The van der Waals surface area contributed by atoms with Gasteiger partial charge < -0.3 is 14.0 Å². The molecule has 1 fully saturated rings. The van der Waals surface area contributed by atoms with Crippen LogP contribution in [0.2, 0.25) is 0 Å². The highest BCUT2D eigenvalue weighted by Gasteiger charge is 2.37. The van der Waals surface area contributed by atoms with Crippen molar-refractivity contribution >= 4 is 10.0 Å². The molecule has 1 unspecified atom stereocenters. The van der Waals surface area contributed by atoms with Gasteiger partial charge >= 0.3 is 0 Å². The van der Waals surface area contributed by atoms with E-state index in [0.717, 1.165) is 12.8 Å². The van der Waals surface area contributed by atoms with Crippen molar-refractivity contribution < 1.29 is 26.8 Å². The van der Waals surface area contributed by atoms with Gasteiger partial charge in [0, 0.05) is 13.7 Å². The number of hydrogen-bond acceptors (Lipinski definition) is 7. The first-order chi connectivity index (χ1) is 13.4. The lowest BCUT2D eigenvalue weighted by Gasteiger charge is -2.32. The summed E-state index contributed by atoms with van der Waals surface area (Å²) in [6, 6.07) is 3.28. The number of aryl methyl sites for hydroxylation is 1. The van der Waals surface area contributed by atoms with Gasteiger partial charge in [-0.1, -0.05) is 11.6 Å². The van der Waals surface area contributed by atoms with Crippen LogP contribution in [0.5, 0.6) is 0 Å². The molecule has 0 spiro atoms. The zero-order valence-electron chi connectivity index (χ0n) is 15.9. The van der Waals surface area contributed by atoms with Crippen LogP contribution in [0.25, 0.3) is 0 Å². The minimum absolute atomic E-state index is 0.0601. The van der Waals surface area contributed by atoms with Gasteiger partial charge in [-0.05, 0) is 43.5 Å². The van der Waals surface area contributed by atoms with E-state index < -0.39 is 21.9 Å². The number of benzene rings is 1. The summed E-state index contributed by atoms with van der Waals surface area (Å²) in [4.78, 5) is 4.37. The van der Waals surface area contributed by atoms with Crippen molar-refractivity contribution in [2.24, 2.45) is 0 Å². The van der Waals surface area contributed by atoms with Crippen LogP contribution >= 0.6 is 0 Å². The van der Waals surface area contributed by atoms with Gasteiger partial charge in [0.05, 0.1) is 24.2 Å². The van der Waals surface area contributed by atoms with E-state index in [4.69, 9.17) is 14.0 Å². The van der Waals surface area contributed by atoms with E-state index in [9.17, 15) is 12.8 Å². The Bertz CT molecular complexity index is 902. The number of aromatic nitrogens is 2. The van der Waals surface area contributed by atoms with Crippen LogP contribution in [0.1, 0.15) is 42.6 Å². The maximum absolute atomic E-state index is 13.6. The maximum Gasteiger partial charge on any atom is 0.252 e. The molecule has 8 nitrogen and oxygen atoms in total. The summed E-state index contributed by atoms with van der Waals surface area (Å²) in [6.07, 6.45) is 2.18. The molecule has 154 valence electrons. The number of rotatable bonds is 8. The van der Waals surface area contributed by atoms with Crippen molar-refractivity contribution in [2.75, 3.05) is 26.9 Å². The Labute approximate surface area is 163 Å². The van der Waals surface area contributed by atoms with Gasteiger partial charge in [0.25, 0.3) is 5.89 Å². The molecule has 1 aliphatic heterocycles. The van der Waals surface area contributed by atoms with Crippen molar-refractivity contribution in [1.82, 2.24) is 14.4 Å². The third-order valence-electron chi connectivity index (χ3n) is 4.63. The van der Waals surface area contributed by atoms with Crippen molar-refractivity contribution in [3.63, 3.8) is 0 Å². The second-order valence-electron chi connectivity index (χ2n) is 6.63. The Morgan fingerprint density at radius 2 is 2.14 bits per heavy atom. The fourth-order valence-corrected chi connectivity index (χ4v) is 4.87. The molecular weight excluding hydrogens is 389 g/mol. The summed E-state index contributed by atoms with van der Waals surface area (Å²) in [6.45, 7) is 2.86. The Hall–Kier alpha value is -1.88. The van der Waals surface area contributed by atoms with E-state index >= 15 is 0 Å². The summed E-state index contributed by atoms with van der Waals surface area (Å²) < 4.78 is 56.7. The highest BCUT2D eigenvalue weighted by Crippen LogP contribution is 2.34. The molecule has 10 heteroatoms. The monoisotopic (exact) mass is 413 g/mol. The van der Waals surface area contributed by atoms with E-state index in [1.807, 2.05) is 0 Å². The summed E-state index contributed by atoms with van der Waals surface area (Å²) in [7, 11) is -2.24. The van der Waals surface area contributed by atoms with Gasteiger partial charge in [0.1, 0.15) is 12.4 Å². The lowest BCUT2D eigenvalue weighted by Crippen LogP contribution is -2.39. The maximum atomic E-state index is 13.6. The van der Waals surface area contributed by atoms with Crippen LogP contribution in [-0.2, 0) is 26.1 Å². The molecule has 0 aliphatic carbocycles. The van der Waals surface area contributed by atoms with Gasteiger partial charge in [0.2, 0.25) is 10.0 Å². The van der Waals surface area contributed by atoms with Crippen LogP contribution < -0.4 is 0 Å². The number of ether oxygens (including phenoxy) is 2. The molecule has 0 amide bonds. The van der Waals surface area contributed by atoms with Crippen molar-refractivity contribution in [2.45, 2.75) is 43.7 Å². The van der Waals surface area contributed by atoms with Gasteiger partial charge in [-0.15, -0.1) is 0 Å². The average molecular weight is 413 g/mol. The molecular formula is C18H24FN3O5S. The fourth-order valence-electron chi connectivity index (χ4n) is 3.13. The van der Waals surface area contributed by atoms with E-state index in [2.05, 4.69) is 10.1 Å². The Kier molecular flexibility index (Phi) is 6.76. The SMILES string of the molecule is COCCOCc1nc(C2CCCCN2S(=O)(=O)c2ccc(F)c(C)c2)no1. The minimum atomic E-state index is -3.82. The minimum Gasteiger partial charge on any atom is -0.382 e. The normalized spacial score (nSPS) is 18.5. The first-order valence-corrected chi connectivity index (χ1v) is 10.5. The molecule has 0 bridgehead atoms. The zero-order chi connectivity index (χ0) is 20.1. The molecule has 3 rings (SSSR count). The lowest BCUT2D eigenvalue weighted by molar-refractivity contribution is 0.0494. The van der Waals surface area contributed by atoms with Crippen LogP contribution in [0, 0.1) is 12.7 Å². The van der Waals surface area contributed by atoms with Gasteiger partial charge in [-0.3, -0.25) is 0 Å². The topological polar surface area (TPSA) is 94.8 Å². The molecule has 1 saturated heterocycles. The molecule has 0 N–H and O–H groups in total. The highest BCUT2D eigenvalue weighted by atomic mass is 32.2. The largest absolute Gasteiger partial charge is 0.382 e. The van der Waals surface area contributed by atoms with Crippen molar-refractivity contribution in [3.05, 3.63) is 41.3 Å². The zero-order valence-corrected chi connectivity index (χ0v) is 16.7. The smallest absolute Gasteiger partial charge is 0.252 e. The Morgan fingerprint density at radius 3 is 2.89 bits per heavy atom. The van der Waals surface area contributed by atoms with E-state index in [-0.39, 0.29) is 23.0 Å². The molecule has 1 atom stereocenters. The number of nitrogens with zero attached hydrogens (tertiary/aromatic N) is 3. The molecule has 0 radical (unpaired) electrons. The molecule has 0 saturated carbocycles. The number of hydrogen-bond donors (Lipinski definition) is 0. The summed E-state index contributed by atoms with van der Waals surface area (Å²) in [5.74, 6) is 0.157. The number of methoxy groups -OCH3 is 1. The Balaban J connectivity index is 1.80. The summed E-state index contributed by atoms with van der Waals surface area (Å²) in [5.41, 5.74) is 0.282.